The Labute approximate surface area is 136 Å². The van der Waals surface area contributed by atoms with Gasteiger partial charge in [0.15, 0.2) is 0 Å². The van der Waals surface area contributed by atoms with E-state index < -0.39 is 15.9 Å². The topological polar surface area (TPSA) is 85.4 Å². The van der Waals surface area contributed by atoms with Gasteiger partial charge in [-0.1, -0.05) is 37.3 Å². The molecule has 0 saturated carbocycles. The maximum Gasteiger partial charge on any atom is 0.265 e. The zero-order chi connectivity index (χ0) is 17.0. The number of amides is 1. The minimum atomic E-state index is -3.69. The quantitative estimate of drug-likeness (QED) is 0.836. The summed E-state index contributed by atoms with van der Waals surface area (Å²) in [5.74, 6) is -0.654. The first-order valence-electron chi connectivity index (χ1n) is 7.36. The molecule has 1 aromatic heterocycles. The van der Waals surface area contributed by atoms with Crippen LogP contribution in [0.2, 0.25) is 0 Å². The van der Waals surface area contributed by atoms with Crippen molar-refractivity contribution in [2.45, 2.75) is 24.8 Å². The highest BCUT2D eigenvalue weighted by molar-refractivity contribution is 7.89. The summed E-state index contributed by atoms with van der Waals surface area (Å²) >= 11 is 0. The van der Waals surface area contributed by atoms with Gasteiger partial charge < -0.3 is 10.3 Å². The number of benzene rings is 1. The van der Waals surface area contributed by atoms with E-state index in [0.29, 0.717) is 13.0 Å². The van der Waals surface area contributed by atoms with Gasteiger partial charge in [0.25, 0.3) is 5.91 Å². The SMILES string of the molecule is CCCN(Cc1ccccc1)S(=O)(=O)c1cc(C(N)=O)n(C)c1. The summed E-state index contributed by atoms with van der Waals surface area (Å²) in [4.78, 5) is 11.4. The molecule has 6 nitrogen and oxygen atoms in total. The molecule has 0 unspecified atom stereocenters. The second-order valence-electron chi connectivity index (χ2n) is 5.36. The Morgan fingerprint density at radius 3 is 2.43 bits per heavy atom. The number of rotatable bonds is 7. The van der Waals surface area contributed by atoms with Crippen LogP contribution in [0, 0.1) is 0 Å². The van der Waals surface area contributed by atoms with E-state index in [4.69, 9.17) is 5.73 Å². The number of hydrogen-bond donors (Lipinski definition) is 1. The second-order valence-corrected chi connectivity index (χ2v) is 7.30. The van der Waals surface area contributed by atoms with Crippen LogP contribution in [0.3, 0.4) is 0 Å². The molecule has 0 spiro atoms. The summed E-state index contributed by atoms with van der Waals surface area (Å²) in [6.07, 6.45) is 2.12. The van der Waals surface area contributed by atoms with Crippen LogP contribution >= 0.6 is 0 Å². The van der Waals surface area contributed by atoms with Crippen molar-refractivity contribution in [3.63, 3.8) is 0 Å². The normalized spacial score (nSPS) is 11.8. The number of carbonyl (C=O) groups excluding carboxylic acids is 1. The Hall–Kier alpha value is -2.12. The number of primary amides is 1. The molecule has 23 heavy (non-hydrogen) atoms. The third-order valence-corrected chi connectivity index (χ3v) is 5.36. The minimum Gasteiger partial charge on any atom is -0.364 e. The number of nitrogens with two attached hydrogens (primary N) is 1. The van der Waals surface area contributed by atoms with Gasteiger partial charge in [-0.3, -0.25) is 4.79 Å². The molecule has 1 aromatic carbocycles. The average Bonchev–Trinajstić information content (AvgIpc) is 2.91. The molecule has 1 heterocycles. The number of aryl methyl sites for hydroxylation is 1. The van der Waals surface area contributed by atoms with E-state index in [-0.39, 0.29) is 17.1 Å². The standard InChI is InChI=1S/C16H21N3O3S/c1-3-9-19(11-13-7-5-4-6-8-13)23(21,22)14-10-15(16(17)20)18(2)12-14/h4-8,10,12H,3,9,11H2,1-2H3,(H2,17,20). The fourth-order valence-corrected chi connectivity index (χ4v) is 3.98. The number of aromatic nitrogens is 1. The predicted octanol–water partition coefficient (Wildman–Crippen LogP) is 1.72. The molecule has 2 rings (SSSR count). The largest absolute Gasteiger partial charge is 0.364 e. The Morgan fingerprint density at radius 1 is 1.26 bits per heavy atom. The summed E-state index contributed by atoms with van der Waals surface area (Å²) in [5.41, 5.74) is 6.34. The fraction of sp³-hybridized carbons (Fsp3) is 0.312. The third kappa shape index (κ3) is 3.80. The molecule has 0 aliphatic rings. The van der Waals surface area contributed by atoms with Crippen molar-refractivity contribution in [2.75, 3.05) is 6.54 Å². The fourth-order valence-electron chi connectivity index (χ4n) is 2.39. The van der Waals surface area contributed by atoms with E-state index in [1.807, 2.05) is 37.3 Å². The number of carbonyl (C=O) groups is 1. The first kappa shape index (κ1) is 17.2. The summed E-state index contributed by atoms with van der Waals surface area (Å²) in [7, 11) is -2.09. The lowest BCUT2D eigenvalue weighted by molar-refractivity contribution is 0.0992. The highest BCUT2D eigenvalue weighted by Gasteiger charge is 2.26. The molecule has 1 amide bonds. The third-order valence-electron chi connectivity index (χ3n) is 3.54. The van der Waals surface area contributed by atoms with Crippen molar-refractivity contribution in [2.24, 2.45) is 12.8 Å². The molecular formula is C16H21N3O3S. The monoisotopic (exact) mass is 335 g/mol. The molecule has 0 saturated heterocycles. The summed E-state index contributed by atoms with van der Waals surface area (Å²) < 4.78 is 28.6. The molecule has 7 heteroatoms. The van der Waals surface area contributed by atoms with Gasteiger partial charge in [-0.25, -0.2) is 8.42 Å². The molecule has 2 aromatic rings. The lowest BCUT2D eigenvalue weighted by atomic mass is 10.2. The molecule has 2 N–H and O–H groups in total. The second kappa shape index (κ2) is 6.97. The van der Waals surface area contributed by atoms with Crippen LogP contribution in [0.1, 0.15) is 29.4 Å². The minimum absolute atomic E-state index is 0.0816. The first-order chi connectivity index (χ1) is 10.9. The van der Waals surface area contributed by atoms with Crippen LogP contribution in [-0.4, -0.2) is 29.7 Å². The molecule has 0 aliphatic carbocycles. The van der Waals surface area contributed by atoms with Crippen molar-refractivity contribution in [3.8, 4) is 0 Å². The molecule has 0 bridgehead atoms. The van der Waals surface area contributed by atoms with Crippen LogP contribution in [0.4, 0.5) is 0 Å². The van der Waals surface area contributed by atoms with Crippen molar-refractivity contribution in [3.05, 3.63) is 53.9 Å². The molecule has 124 valence electrons. The van der Waals surface area contributed by atoms with Gasteiger partial charge >= 0.3 is 0 Å². The van der Waals surface area contributed by atoms with E-state index in [1.54, 1.807) is 7.05 Å². The van der Waals surface area contributed by atoms with Crippen molar-refractivity contribution < 1.29 is 13.2 Å². The molecule has 0 aliphatic heterocycles. The number of hydrogen-bond acceptors (Lipinski definition) is 3. The molecule has 0 atom stereocenters. The predicted molar refractivity (Wildman–Crippen MR) is 88.3 cm³/mol. The van der Waals surface area contributed by atoms with Gasteiger partial charge in [0.05, 0.1) is 0 Å². The highest BCUT2D eigenvalue weighted by Crippen LogP contribution is 2.21. The van der Waals surface area contributed by atoms with Crippen LogP contribution in [0.15, 0.2) is 47.5 Å². The highest BCUT2D eigenvalue weighted by atomic mass is 32.2. The first-order valence-corrected chi connectivity index (χ1v) is 8.80. The molecular weight excluding hydrogens is 314 g/mol. The van der Waals surface area contributed by atoms with Gasteiger partial charge in [0, 0.05) is 26.3 Å². The van der Waals surface area contributed by atoms with Gasteiger partial charge in [-0.05, 0) is 18.1 Å². The lowest BCUT2D eigenvalue weighted by Gasteiger charge is -2.21. The van der Waals surface area contributed by atoms with Crippen LogP contribution in [-0.2, 0) is 23.6 Å². The van der Waals surface area contributed by atoms with Crippen molar-refractivity contribution in [1.29, 1.82) is 0 Å². The summed E-state index contributed by atoms with van der Waals surface area (Å²) in [6, 6.07) is 10.7. The average molecular weight is 335 g/mol. The van der Waals surface area contributed by atoms with Crippen molar-refractivity contribution in [1.82, 2.24) is 8.87 Å². The van der Waals surface area contributed by atoms with E-state index in [9.17, 15) is 13.2 Å². The van der Waals surface area contributed by atoms with E-state index in [1.165, 1.54) is 21.1 Å². The smallest absolute Gasteiger partial charge is 0.265 e. The number of nitrogens with zero attached hydrogens (tertiary/aromatic N) is 2. The lowest BCUT2D eigenvalue weighted by Crippen LogP contribution is -2.31. The maximum atomic E-state index is 12.9. The Morgan fingerprint density at radius 2 is 1.91 bits per heavy atom. The van der Waals surface area contributed by atoms with Crippen LogP contribution < -0.4 is 5.73 Å². The van der Waals surface area contributed by atoms with Gasteiger partial charge in [0.2, 0.25) is 10.0 Å². The van der Waals surface area contributed by atoms with E-state index >= 15 is 0 Å². The molecule has 0 radical (unpaired) electrons. The molecule has 0 fully saturated rings. The summed E-state index contributed by atoms with van der Waals surface area (Å²) in [6.45, 7) is 2.61. The van der Waals surface area contributed by atoms with Crippen LogP contribution in [0.25, 0.3) is 0 Å². The number of sulfonamides is 1. The van der Waals surface area contributed by atoms with E-state index in [0.717, 1.165) is 5.56 Å². The maximum absolute atomic E-state index is 12.9. The Bertz CT molecular complexity index is 782. The zero-order valence-corrected chi connectivity index (χ0v) is 14.1. The Kier molecular flexibility index (Phi) is 5.23. The van der Waals surface area contributed by atoms with Gasteiger partial charge in [-0.15, -0.1) is 0 Å². The summed E-state index contributed by atoms with van der Waals surface area (Å²) in [5, 5.41) is 0. The van der Waals surface area contributed by atoms with E-state index in [2.05, 4.69) is 0 Å². The van der Waals surface area contributed by atoms with Gasteiger partial charge in [0.1, 0.15) is 10.6 Å². The Balaban J connectivity index is 2.37. The van der Waals surface area contributed by atoms with Crippen LogP contribution in [0.5, 0.6) is 0 Å². The zero-order valence-electron chi connectivity index (χ0n) is 13.3. The van der Waals surface area contributed by atoms with Gasteiger partial charge in [-0.2, -0.15) is 4.31 Å². The van der Waals surface area contributed by atoms with Crippen molar-refractivity contribution >= 4 is 15.9 Å².